The number of hydrogen-bond acceptors (Lipinski definition) is 3. The third-order valence-electron chi connectivity index (χ3n) is 1.57. The van der Waals surface area contributed by atoms with Gasteiger partial charge in [-0.2, -0.15) is 10.2 Å². The largest absolute Gasteiger partial charge is 0.463 e. The molecule has 0 aliphatic carbocycles. The Balaban J connectivity index is 2.23. The summed E-state index contributed by atoms with van der Waals surface area (Å²) in [5, 5.41) is 7.74. The molecule has 0 aromatic carbocycles. The Morgan fingerprint density at radius 1 is 1.58 bits per heavy atom. The number of halogens is 1. The van der Waals surface area contributed by atoms with Crippen LogP contribution in [0.25, 0.3) is 5.70 Å². The van der Waals surface area contributed by atoms with E-state index in [-0.39, 0.29) is 5.50 Å². The van der Waals surface area contributed by atoms with E-state index in [0.717, 1.165) is 11.5 Å². The van der Waals surface area contributed by atoms with Crippen molar-refractivity contribution in [2.75, 3.05) is 0 Å². The maximum atomic E-state index is 5.71. The van der Waals surface area contributed by atoms with Crippen molar-refractivity contribution in [1.29, 1.82) is 0 Å². The molecule has 0 spiro atoms. The number of azo groups is 1. The van der Waals surface area contributed by atoms with Crippen LogP contribution in [-0.4, -0.2) is 5.50 Å². The summed E-state index contributed by atoms with van der Waals surface area (Å²) in [6.07, 6.45) is 4.24. The first-order chi connectivity index (χ1) is 5.86. The summed E-state index contributed by atoms with van der Waals surface area (Å²) in [6, 6.07) is 3.66. The van der Waals surface area contributed by atoms with Gasteiger partial charge in [0.2, 0.25) is 0 Å². The highest BCUT2D eigenvalue weighted by atomic mass is 35.5. The molecule has 1 atom stereocenters. The lowest BCUT2D eigenvalue weighted by Gasteiger charge is -2.05. The van der Waals surface area contributed by atoms with Crippen molar-refractivity contribution in [2.24, 2.45) is 10.2 Å². The normalized spacial score (nSPS) is 22.4. The Kier molecular flexibility index (Phi) is 1.96. The van der Waals surface area contributed by atoms with Crippen LogP contribution in [0.4, 0.5) is 0 Å². The molecule has 1 aromatic rings. The quantitative estimate of drug-likeness (QED) is 0.486. The standard InChI is InChI=1S/C8H7ClN2O/c9-8-4-3-6(10-11-8)7-2-1-5-12-7/h1-3,5,8H,4H2. The van der Waals surface area contributed by atoms with Gasteiger partial charge in [-0.25, -0.2) is 0 Å². The van der Waals surface area contributed by atoms with Gasteiger partial charge in [0.25, 0.3) is 0 Å². The third kappa shape index (κ3) is 1.41. The molecule has 1 aromatic heterocycles. The van der Waals surface area contributed by atoms with Crippen molar-refractivity contribution in [2.45, 2.75) is 11.9 Å². The van der Waals surface area contributed by atoms with Gasteiger partial charge in [0.05, 0.1) is 6.26 Å². The highest BCUT2D eigenvalue weighted by molar-refractivity contribution is 6.20. The van der Waals surface area contributed by atoms with Crippen molar-refractivity contribution in [3.63, 3.8) is 0 Å². The maximum absolute atomic E-state index is 5.71. The van der Waals surface area contributed by atoms with Crippen LogP contribution in [0.5, 0.6) is 0 Å². The zero-order chi connectivity index (χ0) is 8.39. The minimum Gasteiger partial charge on any atom is -0.463 e. The van der Waals surface area contributed by atoms with Gasteiger partial charge in [-0.3, -0.25) is 0 Å². The average Bonchev–Trinajstić information content (AvgIpc) is 2.58. The predicted molar refractivity (Wildman–Crippen MR) is 45.8 cm³/mol. The summed E-state index contributed by atoms with van der Waals surface area (Å²) < 4.78 is 5.14. The molecule has 62 valence electrons. The molecule has 0 bridgehead atoms. The Labute approximate surface area is 74.7 Å². The molecule has 0 fully saturated rings. The van der Waals surface area contributed by atoms with E-state index in [2.05, 4.69) is 10.2 Å². The molecule has 0 radical (unpaired) electrons. The first-order valence-corrected chi connectivity index (χ1v) is 4.09. The van der Waals surface area contributed by atoms with Crippen molar-refractivity contribution < 1.29 is 4.42 Å². The molecule has 1 aliphatic rings. The maximum Gasteiger partial charge on any atom is 0.153 e. The van der Waals surface area contributed by atoms with Crippen LogP contribution in [0.1, 0.15) is 12.2 Å². The van der Waals surface area contributed by atoms with E-state index in [1.54, 1.807) is 6.26 Å². The van der Waals surface area contributed by atoms with Gasteiger partial charge in [-0.05, 0) is 18.2 Å². The number of hydrogen-bond donors (Lipinski definition) is 0. The van der Waals surface area contributed by atoms with Crippen molar-refractivity contribution in [3.8, 4) is 0 Å². The van der Waals surface area contributed by atoms with Gasteiger partial charge in [0.1, 0.15) is 11.2 Å². The lowest BCUT2D eigenvalue weighted by molar-refractivity contribution is 0.549. The molecule has 0 saturated heterocycles. The highest BCUT2D eigenvalue weighted by Crippen LogP contribution is 2.23. The van der Waals surface area contributed by atoms with E-state index < -0.39 is 0 Å². The Morgan fingerprint density at radius 2 is 2.50 bits per heavy atom. The van der Waals surface area contributed by atoms with Crippen molar-refractivity contribution in [3.05, 3.63) is 30.2 Å². The van der Waals surface area contributed by atoms with E-state index in [4.69, 9.17) is 16.0 Å². The molecule has 1 aliphatic heterocycles. The fourth-order valence-electron chi connectivity index (χ4n) is 0.996. The summed E-state index contributed by atoms with van der Waals surface area (Å²) >= 11 is 5.71. The molecule has 2 heterocycles. The molecule has 0 saturated carbocycles. The smallest absolute Gasteiger partial charge is 0.153 e. The summed E-state index contributed by atoms with van der Waals surface area (Å²) in [7, 11) is 0. The zero-order valence-electron chi connectivity index (χ0n) is 6.27. The molecule has 3 nitrogen and oxygen atoms in total. The van der Waals surface area contributed by atoms with Crippen LogP contribution in [0.15, 0.2) is 39.1 Å². The Bertz CT molecular complexity index is 316. The van der Waals surface area contributed by atoms with E-state index in [9.17, 15) is 0 Å². The van der Waals surface area contributed by atoms with Crippen LogP contribution in [0, 0.1) is 0 Å². The monoisotopic (exact) mass is 182 g/mol. The van der Waals surface area contributed by atoms with Crippen molar-refractivity contribution >= 4 is 17.3 Å². The summed E-state index contributed by atoms with van der Waals surface area (Å²) in [4.78, 5) is 0. The lowest BCUT2D eigenvalue weighted by atomic mass is 10.2. The average molecular weight is 183 g/mol. The summed E-state index contributed by atoms with van der Waals surface area (Å²) in [5.74, 6) is 0.738. The first kappa shape index (κ1) is 7.55. The number of alkyl halides is 1. The van der Waals surface area contributed by atoms with E-state index >= 15 is 0 Å². The molecular weight excluding hydrogens is 176 g/mol. The molecule has 1 unspecified atom stereocenters. The summed E-state index contributed by atoms with van der Waals surface area (Å²) in [6.45, 7) is 0. The van der Waals surface area contributed by atoms with Gasteiger partial charge in [0, 0.05) is 6.42 Å². The number of rotatable bonds is 1. The predicted octanol–water partition coefficient (Wildman–Crippen LogP) is 3.04. The van der Waals surface area contributed by atoms with Crippen LogP contribution < -0.4 is 0 Å². The van der Waals surface area contributed by atoms with Gasteiger partial charge >= 0.3 is 0 Å². The molecule has 0 N–H and O–H groups in total. The fraction of sp³-hybridized carbons (Fsp3) is 0.250. The molecular formula is C8H7ClN2O. The van der Waals surface area contributed by atoms with E-state index in [1.165, 1.54) is 0 Å². The summed E-state index contributed by atoms with van der Waals surface area (Å²) in [5.41, 5.74) is 0.542. The zero-order valence-corrected chi connectivity index (χ0v) is 7.03. The third-order valence-corrected chi connectivity index (χ3v) is 1.84. The topological polar surface area (TPSA) is 37.9 Å². The SMILES string of the molecule is ClC1CC=C(c2ccco2)N=N1. The van der Waals surface area contributed by atoms with Crippen LogP contribution >= 0.6 is 11.6 Å². The molecule has 12 heavy (non-hydrogen) atoms. The molecule has 2 rings (SSSR count). The van der Waals surface area contributed by atoms with E-state index in [1.807, 2.05) is 18.2 Å². The highest BCUT2D eigenvalue weighted by Gasteiger charge is 2.10. The first-order valence-electron chi connectivity index (χ1n) is 3.65. The minimum atomic E-state index is -0.219. The van der Waals surface area contributed by atoms with Gasteiger partial charge in [0.15, 0.2) is 5.76 Å². The minimum absolute atomic E-state index is 0.219. The number of nitrogens with zero attached hydrogens (tertiary/aromatic N) is 2. The second kappa shape index (κ2) is 3.11. The van der Waals surface area contributed by atoms with E-state index in [0.29, 0.717) is 6.42 Å². The van der Waals surface area contributed by atoms with Gasteiger partial charge in [-0.15, -0.1) is 0 Å². The van der Waals surface area contributed by atoms with Crippen LogP contribution in [0.3, 0.4) is 0 Å². The molecule has 0 amide bonds. The van der Waals surface area contributed by atoms with Crippen molar-refractivity contribution in [1.82, 2.24) is 0 Å². The number of furan rings is 1. The van der Waals surface area contributed by atoms with Crippen LogP contribution in [-0.2, 0) is 0 Å². The molecule has 4 heteroatoms. The second-order valence-corrected chi connectivity index (χ2v) is 2.96. The second-order valence-electron chi connectivity index (χ2n) is 2.45. The van der Waals surface area contributed by atoms with Gasteiger partial charge in [-0.1, -0.05) is 11.6 Å². The van der Waals surface area contributed by atoms with Gasteiger partial charge < -0.3 is 4.42 Å². The Morgan fingerprint density at radius 3 is 3.08 bits per heavy atom. The fourth-order valence-corrected chi connectivity index (χ4v) is 1.13. The Hall–Kier alpha value is -1.09. The van der Waals surface area contributed by atoms with Crippen LogP contribution in [0.2, 0.25) is 0 Å². The lowest BCUT2D eigenvalue weighted by Crippen LogP contribution is -1.95.